The van der Waals surface area contributed by atoms with Crippen LogP contribution >= 0.6 is 34.0 Å². The van der Waals surface area contributed by atoms with Crippen LogP contribution in [0.2, 0.25) is 0 Å². The fraction of sp³-hybridized carbons (Fsp3) is 0.176. The molecule has 0 aliphatic heterocycles. The van der Waals surface area contributed by atoms with Crippen molar-refractivity contribution in [1.29, 1.82) is 0 Å². The first-order valence-electron chi connectivity index (χ1n) is 13.9. The molecule has 0 aliphatic carbocycles. The Hall–Kier alpha value is -4.58. The monoisotopic (exact) mass is 660 g/mol. The Morgan fingerprint density at radius 3 is 1.22 bits per heavy atom. The number of hydrogen-bond donors (Lipinski definition) is 0. The van der Waals surface area contributed by atoms with E-state index in [1.54, 1.807) is 38.1 Å². The first-order chi connectivity index (χ1) is 21.8. The average Bonchev–Trinajstić information content (AvgIpc) is 3.83. The molecule has 5 aromatic rings. The molecule has 0 saturated carbocycles. The van der Waals surface area contributed by atoms with Crippen molar-refractivity contribution in [2.75, 3.05) is 27.4 Å². The summed E-state index contributed by atoms with van der Waals surface area (Å²) in [6.45, 7) is 3.98. The van der Waals surface area contributed by atoms with Gasteiger partial charge in [0, 0.05) is 30.6 Å². The van der Waals surface area contributed by atoms with Crippen molar-refractivity contribution < 1.29 is 38.1 Å². The van der Waals surface area contributed by atoms with Gasteiger partial charge in [-0.25, -0.2) is 19.2 Å². The largest absolute Gasteiger partial charge is 0.465 e. The lowest BCUT2D eigenvalue weighted by atomic mass is 10.1. The van der Waals surface area contributed by atoms with Gasteiger partial charge in [0.15, 0.2) is 0 Å². The Bertz CT molecular complexity index is 1730. The molecule has 0 amide bonds. The zero-order chi connectivity index (χ0) is 32.1. The highest BCUT2D eigenvalue weighted by Gasteiger charge is 2.24. The minimum absolute atomic E-state index is 0.232. The van der Waals surface area contributed by atoms with Gasteiger partial charge in [-0.1, -0.05) is 24.3 Å². The summed E-state index contributed by atoms with van der Waals surface area (Å²) >= 11 is 4.07. The number of carbonyl (C=O) groups excluding carboxylic acids is 4. The summed E-state index contributed by atoms with van der Waals surface area (Å²) in [6, 6.07) is 21.7. The molecule has 3 heterocycles. The maximum Gasteiger partial charge on any atom is 0.348 e. The highest BCUT2D eigenvalue weighted by atomic mass is 32.1. The average molecular weight is 661 g/mol. The second-order valence-electron chi connectivity index (χ2n) is 9.45. The predicted molar refractivity (Wildman–Crippen MR) is 176 cm³/mol. The first-order valence-corrected chi connectivity index (χ1v) is 16.3. The predicted octanol–water partition coefficient (Wildman–Crippen LogP) is 8.47. The van der Waals surface area contributed by atoms with Gasteiger partial charge in [0.25, 0.3) is 0 Å². The molecule has 230 valence electrons. The fourth-order valence-corrected chi connectivity index (χ4v) is 7.86. The van der Waals surface area contributed by atoms with Gasteiger partial charge in [-0.3, -0.25) is 0 Å². The lowest BCUT2D eigenvalue weighted by molar-refractivity contribution is 0.0523. The second-order valence-corrected chi connectivity index (χ2v) is 12.6. The van der Waals surface area contributed by atoms with E-state index in [4.69, 9.17) is 18.9 Å². The van der Waals surface area contributed by atoms with E-state index < -0.39 is 23.9 Å². The number of hydrogen-bond acceptors (Lipinski definition) is 11. The van der Waals surface area contributed by atoms with Gasteiger partial charge < -0.3 is 18.9 Å². The van der Waals surface area contributed by atoms with E-state index in [9.17, 15) is 19.2 Å². The summed E-state index contributed by atoms with van der Waals surface area (Å²) in [6.07, 6.45) is 0. The van der Waals surface area contributed by atoms with Crippen LogP contribution in [0.25, 0.3) is 41.8 Å². The highest BCUT2D eigenvalue weighted by molar-refractivity contribution is 7.22. The quantitative estimate of drug-likeness (QED) is 0.109. The van der Waals surface area contributed by atoms with E-state index in [1.165, 1.54) is 48.2 Å². The maximum absolute atomic E-state index is 13.0. The summed E-state index contributed by atoms with van der Waals surface area (Å²) in [4.78, 5) is 54.1. The van der Waals surface area contributed by atoms with Crippen LogP contribution in [0.3, 0.4) is 0 Å². The lowest BCUT2D eigenvalue weighted by Crippen LogP contribution is -2.03. The molecule has 0 spiro atoms. The molecule has 2 aromatic carbocycles. The molecule has 45 heavy (non-hydrogen) atoms. The van der Waals surface area contributed by atoms with Crippen LogP contribution in [0.1, 0.15) is 53.9 Å². The second kappa shape index (κ2) is 14.0. The first kappa shape index (κ1) is 31.8. The molecule has 0 bridgehead atoms. The van der Waals surface area contributed by atoms with Crippen molar-refractivity contribution >= 4 is 57.9 Å². The highest BCUT2D eigenvalue weighted by Crippen LogP contribution is 2.45. The number of thiophene rings is 3. The number of carbonyl (C=O) groups is 4. The topological polar surface area (TPSA) is 105 Å². The smallest absolute Gasteiger partial charge is 0.348 e. The number of esters is 4. The van der Waals surface area contributed by atoms with Crippen molar-refractivity contribution in [2.24, 2.45) is 0 Å². The van der Waals surface area contributed by atoms with Crippen LogP contribution in [0, 0.1) is 0 Å². The molecule has 0 fully saturated rings. The van der Waals surface area contributed by atoms with Gasteiger partial charge in [-0.15, -0.1) is 34.0 Å². The van der Waals surface area contributed by atoms with Crippen LogP contribution in [0.4, 0.5) is 0 Å². The molecular weight excluding hydrogens is 633 g/mol. The number of ether oxygens (including phenoxy) is 4. The van der Waals surface area contributed by atoms with Crippen molar-refractivity contribution in [3.05, 3.63) is 93.7 Å². The van der Waals surface area contributed by atoms with Crippen molar-refractivity contribution in [1.82, 2.24) is 0 Å². The molecule has 5 rings (SSSR count). The summed E-state index contributed by atoms with van der Waals surface area (Å²) in [7, 11) is 2.66. The zero-order valence-corrected chi connectivity index (χ0v) is 27.3. The molecule has 3 aromatic heterocycles. The van der Waals surface area contributed by atoms with Crippen molar-refractivity contribution in [2.45, 2.75) is 13.8 Å². The normalized spacial score (nSPS) is 10.8. The van der Waals surface area contributed by atoms with Gasteiger partial charge in [0.1, 0.15) is 9.75 Å². The van der Waals surface area contributed by atoms with Gasteiger partial charge in [-0.2, -0.15) is 0 Å². The third kappa shape index (κ3) is 6.75. The minimum Gasteiger partial charge on any atom is -0.465 e. The molecule has 0 saturated heterocycles. The van der Waals surface area contributed by atoms with Crippen LogP contribution in [-0.4, -0.2) is 51.3 Å². The molecule has 0 aliphatic rings. The molecule has 0 unspecified atom stereocenters. The molecule has 8 nitrogen and oxygen atoms in total. The Kier molecular flexibility index (Phi) is 9.92. The number of methoxy groups -OCH3 is 2. The van der Waals surface area contributed by atoms with E-state index in [2.05, 4.69) is 0 Å². The third-order valence-electron chi connectivity index (χ3n) is 6.70. The molecule has 0 atom stereocenters. The third-order valence-corrected chi connectivity index (χ3v) is 10.2. The van der Waals surface area contributed by atoms with Crippen molar-refractivity contribution in [3.8, 4) is 41.8 Å². The van der Waals surface area contributed by atoms with Gasteiger partial charge >= 0.3 is 23.9 Å². The maximum atomic E-state index is 13.0. The van der Waals surface area contributed by atoms with Crippen molar-refractivity contribution in [3.63, 3.8) is 0 Å². The standard InChI is InChI=1S/C34H28O8S3/c1-5-41-33(37)29-23(17-27(44-29)19-7-11-21(12-8-19)31(35)39-3)25-15-16-26(43-25)24-18-28(45-30(24)34(38)42-6-2)20-9-13-22(14-10-20)32(36)40-4/h7-18H,5-6H2,1-4H3. The van der Waals surface area contributed by atoms with E-state index in [-0.39, 0.29) is 13.2 Å². The summed E-state index contributed by atoms with van der Waals surface area (Å²) in [5.74, 6) is -1.71. The van der Waals surface area contributed by atoms with Crippen LogP contribution in [0.15, 0.2) is 72.8 Å². The SMILES string of the molecule is CCOC(=O)c1sc(-c2ccc(C(=O)OC)cc2)cc1-c1ccc(-c2cc(-c3ccc(C(=O)OC)cc3)sc2C(=O)OCC)s1. The van der Waals surface area contributed by atoms with Crippen LogP contribution in [0.5, 0.6) is 0 Å². The van der Waals surface area contributed by atoms with Gasteiger partial charge in [0.2, 0.25) is 0 Å². The summed E-state index contributed by atoms with van der Waals surface area (Å²) in [5.41, 5.74) is 3.97. The van der Waals surface area contributed by atoms with E-state index >= 15 is 0 Å². The van der Waals surface area contributed by atoms with Gasteiger partial charge in [0.05, 0.1) is 38.6 Å². The Labute approximate surface area is 271 Å². The van der Waals surface area contributed by atoms with E-state index in [1.807, 2.05) is 48.5 Å². The van der Waals surface area contributed by atoms with Crippen LogP contribution in [-0.2, 0) is 18.9 Å². The molecule has 0 radical (unpaired) electrons. The van der Waals surface area contributed by atoms with Crippen LogP contribution < -0.4 is 0 Å². The lowest BCUT2D eigenvalue weighted by Gasteiger charge is -2.02. The number of rotatable bonds is 10. The number of benzene rings is 2. The Morgan fingerprint density at radius 2 is 0.889 bits per heavy atom. The molecule has 0 N–H and O–H groups in total. The molecular formula is C34H28O8S3. The van der Waals surface area contributed by atoms with E-state index in [0.29, 0.717) is 32.0 Å². The minimum atomic E-state index is -0.427. The summed E-state index contributed by atoms with van der Waals surface area (Å²) < 4.78 is 20.4. The van der Waals surface area contributed by atoms with Gasteiger partial charge in [-0.05, 0) is 73.5 Å². The Balaban J connectivity index is 1.54. The fourth-order valence-electron chi connectivity index (χ4n) is 4.53. The summed E-state index contributed by atoms with van der Waals surface area (Å²) in [5, 5.41) is 0. The Morgan fingerprint density at radius 1 is 0.511 bits per heavy atom. The molecule has 11 heteroatoms. The zero-order valence-electron chi connectivity index (χ0n) is 24.8. The van der Waals surface area contributed by atoms with E-state index in [0.717, 1.165) is 30.6 Å².